The Morgan fingerprint density at radius 3 is 2.80 bits per heavy atom. The molecule has 6 rings (SSSR count). The number of anilines is 2. The summed E-state index contributed by atoms with van der Waals surface area (Å²) in [5, 5.41) is 11.0. The normalized spacial score (nSPS) is 27.1. The number of aliphatic hydroxyl groups is 1. The molecule has 1 spiro atoms. The zero-order valence-electron chi connectivity index (χ0n) is 23.5. The van der Waals surface area contributed by atoms with Crippen LogP contribution in [0.4, 0.5) is 11.6 Å². The highest BCUT2D eigenvalue weighted by atomic mass is 32.2. The molecule has 4 aliphatic rings. The fraction of sp³-hybridized carbons (Fsp3) is 0.679. The monoisotopic (exact) mass is 572 g/mol. The molecule has 3 saturated heterocycles. The highest BCUT2D eigenvalue weighted by Gasteiger charge is 2.48. The van der Waals surface area contributed by atoms with E-state index in [1.165, 1.54) is 11.8 Å². The highest BCUT2D eigenvalue weighted by molar-refractivity contribution is 7.99. The highest BCUT2D eigenvalue weighted by Crippen LogP contribution is 2.46. The summed E-state index contributed by atoms with van der Waals surface area (Å²) in [4.78, 5) is 20.1. The fourth-order valence-electron chi connectivity index (χ4n) is 6.59. The fourth-order valence-corrected chi connectivity index (χ4v) is 7.52. The molecule has 3 fully saturated rings. The number of hydrogen-bond donors (Lipinski definition) is 2. The van der Waals surface area contributed by atoms with E-state index in [-0.39, 0.29) is 30.2 Å². The first-order valence-corrected chi connectivity index (χ1v) is 15.0. The molecule has 3 N–H and O–H groups in total. The molecule has 0 radical (unpaired) electrons. The van der Waals surface area contributed by atoms with Crippen molar-refractivity contribution >= 4 is 23.4 Å². The Morgan fingerprint density at radius 1 is 1.25 bits per heavy atom. The van der Waals surface area contributed by atoms with Crippen LogP contribution in [-0.4, -0.2) is 91.6 Å². The summed E-state index contributed by atoms with van der Waals surface area (Å²) in [5.74, 6) is 2.81. The molecule has 4 aliphatic heterocycles. The Hall–Kier alpha value is -2.22. The third-order valence-electron chi connectivity index (χ3n) is 8.94. The van der Waals surface area contributed by atoms with Crippen molar-refractivity contribution in [2.75, 3.05) is 63.2 Å². The summed E-state index contributed by atoms with van der Waals surface area (Å²) in [6.45, 7) is 8.67. The van der Waals surface area contributed by atoms with E-state index >= 15 is 0 Å². The van der Waals surface area contributed by atoms with Crippen molar-refractivity contribution in [3.8, 4) is 5.75 Å². The van der Waals surface area contributed by atoms with E-state index in [2.05, 4.69) is 21.7 Å². The standard InChI is InChI=1S/C28H40N6O5S/c1-17-27(32-21(12-35)25(31-17)33-8-5-28(6-9-33)15-39-18(2)24(28)29)40-22-4-7-30-26-23(22)38-14-20-10-19(11-34(20)26)13-37-16-36-3/h4,7,18-20,24,35H,5-6,8-16,29H2,1-3H3. The lowest BCUT2D eigenvalue weighted by molar-refractivity contribution is -0.0414. The van der Waals surface area contributed by atoms with Crippen molar-refractivity contribution in [2.24, 2.45) is 17.1 Å². The number of piperidine rings is 1. The largest absolute Gasteiger partial charge is 0.486 e. The van der Waals surface area contributed by atoms with Crippen LogP contribution in [-0.2, 0) is 20.8 Å². The lowest BCUT2D eigenvalue weighted by atomic mass is 9.73. The summed E-state index contributed by atoms with van der Waals surface area (Å²) in [6, 6.07) is 2.30. The maximum atomic E-state index is 10.3. The third kappa shape index (κ3) is 5.14. The Labute approximate surface area is 239 Å². The molecule has 0 aromatic carbocycles. The number of nitrogens with two attached hydrogens (primary N) is 1. The molecule has 4 atom stereocenters. The number of fused-ring (bicyclic) bond motifs is 3. The van der Waals surface area contributed by atoms with Crippen molar-refractivity contribution in [1.82, 2.24) is 15.0 Å². The van der Waals surface area contributed by atoms with Crippen molar-refractivity contribution in [1.29, 1.82) is 0 Å². The number of methoxy groups -OCH3 is 1. The zero-order chi connectivity index (χ0) is 27.9. The van der Waals surface area contributed by atoms with Crippen LogP contribution in [0, 0.1) is 18.3 Å². The predicted octanol–water partition coefficient (Wildman–Crippen LogP) is 2.36. The molecule has 2 aromatic heterocycles. The van der Waals surface area contributed by atoms with Crippen LogP contribution in [0.2, 0.25) is 0 Å². The van der Waals surface area contributed by atoms with Gasteiger partial charge in [0, 0.05) is 50.3 Å². The van der Waals surface area contributed by atoms with Crippen molar-refractivity contribution in [3.63, 3.8) is 0 Å². The Bertz CT molecular complexity index is 1210. The van der Waals surface area contributed by atoms with E-state index < -0.39 is 0 Å². The minimum Gasteiger partial charge on any atom is -0.486 e. The quantitative estimate of drug-likeness (QED) is 0.356. The number of aliphatic hydroxyl groups excluding tert-OH is 1. The van der Waals surface area contributed by atoms with E-state index in [0.717, 1.165) is 78.5 Å². The summed E-state index contributed by atoms with van der Waals surface area (Å²) in [7, 11) is 1.64. The van der Waals surface area contributed by atoms with E-state index in [4.69, 9.17) is 34.6 Å². The van der Waals surface area contributed by atoms with Gasteiger partial charge < -0.3 is 39.6 Å². The van der Waals surface area contributed by atoms with E-state index in [1.54, 1.807) is 7.11 Å². The molecule has 0 aliphatic carbocycles. The van der Waals surface area contributed by atoms with Gasteiger partial charge in [-0.15, -0.1) is 0 Å². The molecule has 4 unspecified atom stereocenters. The molecular weight excluding hydrogens is 532 g/mol. The number of aryl methyl sites for hydroxylation is 1. The maximum absolute atomic E-state index is 10.3. The Kier molecular flexibility index (Phi) is 8.08. The first-order chi connectivity index (χ1) is 19.4. The van der Waals surface area contributed by atoms with Crippen LogP contribution in [0.5, 0.6) is 5.75 Å². The van der Waals surface area contributed by atoms with Gasteiger partial charge in [0.2, 0.25) is 0 Å². The third-order valence-corrected chi connectivity index (χ3v) is 10.1. The average Bonchev–Trinajstić information content (AvgIpc) is 3.51. The number of pyridine rings is 1. The smallest absolute Gasteiger partial charge is 0.175 e. The van der Waals surface area contributed by atoms with Gasteiger partial charge in [0.05, 0.1) is 42.6 Å². The first kappa shape index (κ1) is 27.9. The van der Waals surface area contributed by atoms with E-state index in [1.807, 2.05) is 19.2 Å². The van der Waals surface area contributed by atoms with Crippen LogP contribution in [0.3, 0.4) is 0 Å². The zero-order valence-corrected chi connectivity index (χ0v) is 24.4. The lowest BCUT2D eigenvalue weighted by Crippen LogP contribution is -2.51. The molecule has 40 heavy (non-hydrogen) atoms. The second-order valence-electron chi connectivity index (χ2n) is 11.5. The molecule has 6 heterocycles. The number of rotatable bonds is 8. The number of nitrogens with zero attached hydrogens (tertiary/aromatic N) is 5. The Balaban J connectivity index is 1.18. The van der Waals surface area contributed by atoms with Crippen LogP contribution in [0.1, 0.15) is 37.6 Å². The summed E-state index contributed by atoms with van der Waals surface area (Å²) < 4.78 is 22.8. The number of hydrogen-bond acceptors (Lipinski definition) is 12. The second-order valence-corrected chi connectivity index (χ2v) is 12.5. The van der Waals surface area contributed by atoms with Crippen LogP contribution < -0.4 is 20.3 Å². The summed E-state index contributed by atoms with van der Waals surface area (Å²) >= 11 is 1.51. The van der Waals surface area contributed by atoms with E-state index in [0.29, 0.717) is 31.6 Å². The van der Waals surface area contributed by atoms with Gasteiger partial charge >= 0.3 is 0 Å². The molecule has 0 saturated carbocycles. The molecule has 0 bridgehead atoms. The predicted molar refractivity (Wildman–Crippen MR) is 151 cm³/mol. The van der Waals surface area contributed by atoms with Crippen LogP contribution >= 0.6 is 11.8 Å². The van der Waals surface area contributed by atoms with Crippen LogP contribution in [0.15, 0.2) is 22.2 Å². The van der Waals surface area contributed by atoms with Gasteiger partial charge in [-0.3, -0.25) is 0 Å². The molecule has 12 heteroatoms. The number of ether oxygens (including phenoxy) is 4. The summed E-state index contributed by atoms with van der Waals surface area (Å²) in [6.07, 6.45) is 4.81. The number of aromatic nitrogens is 3. The van der Waals surface area contributed by atoms with Gasteiger partial charge in [-0.2, -0.15) is 0 Å². The minimum absolute atomic E-state index is 0.0271. The van der Waals surface area contributed by atoms with Gasteiger partial charge in [-0.05, 0) is 39.2 Å². The van der Waals surface area contributed by atoms with Gasteiger partial charge in [-0.25, -0.2) is 15.0 Å². The summed E-state index contributed by atoms with van der Waals surface area (Å²) in [5.41, 5.74) is 7.95. The SMILES string of the molecule is COCOCC1CC2COc3c(Sc4nc(CO)c(N5CCC6(CC5)COC(C)C6N)nc4C)ccnc3N2C1. The lowest BCUT2D eigenvalue weighted by Gasteiger charge is -2.42. The van der Waals surface area contributed by atoms with Crippen LogP contribution in [0.25, 0.3) is 0 Å². The molecule has 218 valence electrons. The van der Waals surface area contributed by atoms with Crippen molar-refractivity contribution in [2.45, 2.75) is 67.8 Å². The maximum Gasteiger partial charge on any atom is 0.175 e. The Morgan fingerprint density at radius 2 is 2.08 bits per heavy atom. The van der Waals surface area contributed by atoms with E-state index in [9.17, 15) is 5.11 Å². The average molecular weight is 573 g/mol. The molecule has 2 aromatic rings. The van der Waals surface area contributed by atoms with Gasteiger partial charge in [0.25, 0.3) is 0 Å². The van der Waals surface area contributed by atoms with Gasteiger partial charge in [0.15, 0.2) is 17.4 Å². The van der Waals surface area contributed by atoms with Crippen molar-refractivity contribution < 1.29 is 24.1 Å². The molecule has 0 amide bonds. The van der Waals surface area contributed by atoms with Gasteiger partial charge in [-0.1, -0.05) is 11.8 Å². The minimum atomic E-state index is -0.176. The topological polar surface area (TPSA) is 128 Å². The van der Waals surface area contributed by atoms with Gasteiger partial charge in [0.1, 0.15) is 24.1 Å². The second kappa shape index (κ2) is 11.6. The van der Waals surface area contributed by atoms with Crippen molar-refractivity contribution in [3.05, 3.63) is 23.7 Å². The first-order valence-electron chi connectivity index (χ1n) is 14.2. The molecular formula is C28H40N6O5S. The molecule has 11 nitrogen and oxygen atoms in total.